The second-order valence-corrected chi connectivity index (χ2v) is 6.39. The summed E-state index contributed by atoms with van der Waals surface area (Å²) in [6, 6.07) is 12.1. The fourth-order valence-electron chi connectivity index (χ4n) is 3.45. The summed E-state index contributed by atoms with van der Waals surface area (Å²) >= 11 is 0. The van der Waals surface area contributed by atoms with Crippen LogP contribution in [0.15, 0.2) is 55.1 Å². The molecule has 0 saturated carbocycles. The predicted molar refractivity (Wildman–Crippen MR) is 103 cm³/mol. The summed E-state index contributed by atoms with van der Waals surface area (Å²) in [5.74, 6) is 0.952. The Morgan fingerprint density at radius 3 is 2.78 bits per heavy atom. The molecule has 1 N–H and O–H groups in total. The quantitative estimate of drug-likeness (QED) is 0.607. The number of benzene rings is 1. The summed E-state index contributed by atoms with van der Waals surface area (Å²) in [6.45, 7) is 3.11. The molecule has 0 amide bonds. The molecule has 1 aromatic carbocycles. The molecule has 0 radical (unpaired) electrons. The summed E-state index contributed by atoms with van der Waals surface area (Å²) in [4.78, 5) is 15.7. The number of ether oxygens (including phenoxy) is 1. The monoisotopic (exact) mass is 358 g/mol. The van der Waals surface area contributed by atoms with E-state index in [0.717, 1.165) is 65.5 Å². The van der Waals surface area contributed by atoms with E-state index < -0.39 is 0 Å². The molecule has 7 heteroatoms. The van der Waals surface area contributed by atoms with Gasteiger partial charge in [0.2, 0.25) is 0 Å². The van der Waals surface area contributed by atoms with Gasteiger partial charge in [-0.2, -0.15) is 5.10 Å². The van der Waals surface area contributed by atoms with Gasteiger partial charge in [0.15, 0.2) is 0 Å². The highest BCUT2D eigenvalue weighted by Crippen LogP contribution is 2.33. The fourth-order valence-corrected chi connectivity index (χ4v) is 3.45. The summed E-state index contributed by atoms with van der Waals surface area (Å²) in [5, 5.41) is 8.42. The molecular weight excluding hydrogens is 340 g/mol. The van der Waals surface area contributed by atoms with E-state index in [-0.39, 0.29) is 0 Å². The van der Waals surface area contributed by atoms with Crippen LogP contribution in [0.2, 0.25) is 0 Å². The highest BCUT2D eigenvalue weighted by atomic mass is 16.5. The van der Waals surface area contributed by atoms with E-state index >= 15 is 0 Å². The molecular formula is C20H18N6O. The van der Waals surface area contributed by atoms with Crippen molar-refractivity contribution in [2.75, 3.05) is 31.2 Å². The smallest absolute Gasteiger partial charge is 0.140 e. The number of nitrogens with one attached hydrogen (secondary N) is 1. The van der Waals surface area contributed by atoms with E-state index in [1.165, 1.54) is 0 Å². The van der Waals surface area contributed by atoms with Crippen LogP contribution in [-0.4, -0.2) is 51.5 Å². The van der Waals surface area contributed by atoms with Crippen LogP contribution in [0.1, 0.15) is 0 Å². The number of anilines is 1. The molecule has 1 fully saturated rings. The van der Waals surface area contributed by atoms with Crippen molar-refractivity contribution in [1.82, 2.24) is 25.1 Å². The van der Waals surface area contributed by atoms with Gasteiger partial charge in [0.25, 0.3) is 0 Å². The number of aromatic amines is 1. The first-order valence-corrected chi connectivity index (χ1v) is 8.93. The van der Waals surface area contributed by atoms with E-state index in [4.69, 9.17) is 4.74 Å². The molecule has 0 aliphatic carbocycles. The van der Waals surface area contributed by atoms with Gasteiger partial charge in [-0.25, -0.2) is 9.97 Å². The Kier molecular flexibility index (Phi) is 3.99. The van der Waals surface area contributed by atoms with Gasteiger partial charge in [0.1, 0.15) is 17.8 Å². The second-order valence-electron chi connectivity index (χ2n) is 6.39. The first-order valence-electron chi connectivity index (χ1n) is 8.93. The van der Waals surface area contributed by atoms with E-state index in [0.29, 0.717) is 0 Å². The molecule has 1 saturated heterocycles. The number of nitrogens with zero attached hydrogens (tertiary/aromatic N) is 5. The maximum atomic E-state index is 5.48. The van der Waals surface area contributed by atoms with Gasteiger partial charge < -0.3 is 9.64 Å². The summed E-state index contributed by atoms with van der Waals surface area (Å²) in [7, 11) is 0. The van der Waals surface area contributed by atoms with Crippen LogP contribution >= 0.6 is 0 Å². The van der Waals surface area contributed by atoms with Crippen molar-refractivity contribution >= 4 is 16.7 Å². The fraction of sp³-hybridized carbons (Fsp3) is 0.200. The van der Waals surface area contributed by atoms with Crippen LogP contribution in [0.25, 0.3) is 33.4 Å². The Bertz CT molecular complexity index is 1070. The van der Waals surface area contributed by atoms with Gasteiger partial charge in [-0.15, -0.1) is 0 Å². The van der Waals surface area contributed by atoms with Gasteiger partial charge in [0, 0.05) is 36.4 Å². The highest BCUT2D eigenvalue weighted by Gasteiger charge is 2.17. The average Bonchev–Trinajstić information content (AvgIpc) is 3.24. The zero-order valence-electron chi connectivity index (χ0n) is 14.7. The zero-order valence-corrected chi connectivity index (χ0v) is 14.7. The van der Waals surface area contributed by atoms with Crippen molar-refractivity contribution in [3.63, 3.8) is 0 Å². The van der Waals surface area contributed by atoms with Gasteiger partial charge in [-0.1, -0.05) is 12.1 Å². The first-order chi connectivity index (χ1) is 13.4. The van der Waals surface area contributed by atoms with E-state index in [2.05, 4.69) is 42.2 Å². The van der Waals surface area contributed by atoms with Crippen LogP contribution in [0.4, 0.5) is 5.82 Å². The Morgan fingerprint density at radius 2 is 1.93 bits per heavy atom. The molecule has 1 aliphatic heterocycles. The van der Waals surface area contributed by atoms with Gasteiger partial charge in [-0.3, -0.25) is 10.1 Å². The third kappa shape index (κ3) is 2.92. The van der Waals surface area contributed by atoms with Crippen LogP contribution in [0.3, 0.4) is 0 Å². The molecule has 0 atom stereocenters. The third-order valence-corrected chi connectivity index (χ3v) is 4.78. The van der Waals surface area contributed by atoms with Crippen LogP contribution in [-0.2, 0) is 4.74 Å². The molecule has 0 unspecified atom stereocenters. The van der Waals surface area contributed by atoms with E-state index in [1.54, 1.807) is 12.5 Å². The average molecular weight is 358 g/mol. The molecule has 0 bridgehead atoms. The first kappa shape index (κ1) is 15.9. The van der Waals surface area contributed by atoms with Gasteiger partial charge in [-0.05, 0) is 29.8 Å². The minimum absolute atomic E-state index is 0.719. The maximum absolute atomic E-state index is 5.48. The molecule has 4 aromatic rings. The normalized spacial score (nSPS) is 14.6. The molecule has 4 heterocycles. The molecule has 0 spiro atoms. The van der Waals surface area contributed by atoms with Crippen molar-refractivity contribution < 1.29 is 4.74 Å². The lowest BCUT2D eigenvalue weighted by molar-refractivity contribution is 0.122. The number of aromatic nitrogens is 5. The zero-order chi connectivity index (χ0) is 18.1. The van der Waals surface area contributed by atoms with Crippen molar-refractivity contribution in [3.05, 3.63) is 55.1 Å². The van der Waals surface area contributed by atoms with Gasteiger partial charge in [0.05, 0.1) is 24.4 Å². The molecule has 3 aromatic heterocycles. The van der Waals surface area contributed by atoms with E-state index in [1.807, 2.05) is 30.5 Å². The Balaban J connectivity index is 1.63. The van der Waals surface area contributed by atoms with Crippen LogP contribution in [0, 0.1) is 0 Å². The summed E-state index contributed by atoms with van der Waals surface area (Å²) < 4.78 is 5.48. The largest absolute Gasteiger partial charge is 0.378 e. The second kappa shape index (κ2) is 6.77. The lowest BCUT2D eigenvalue weighted by atomic mass is 10.0. The highest BCUT2D eigenvalue weighted by molar-refractivity contribution is 5.94. The third-order valence-electron chi connectivity index (χ3n) is 4.78. The number of hydrogen-bond acceptors (Lipinski definition) is 6. The van der Waals surface area contributed by atoms with E-state index in [9.17, 15) is 0 Å². The number of hydrogen-bond donors (Lipinski definition) is 1. The van der Waals surface area contributed by atoms with Crippen molar-refractivity contribution in [2.24, 2.45) is 0 Å². The Hall–Kier alpha value is -3.32. The minimum Gasteiger partial charge on any atom is -0.378 e. The topological polar surface area (TPSA) is 79.8 Å². The number of pyridine rings is 1. The lowest BCUT2D eigenvalue weighted by Gasteiger charge is -2.28. The molecule has 5 rings (SSSR count). The number of fused-ring (bicyclic) bond motifs is 1. The summed E-state index contributed by atoms with van der Waals surface area (Å²) in [5.41, 5.74) is 4.66. The number of morpholine rings is 1. The standard InChI is InChI=1S/C20H18N6O/c1-2-6-21-18(3-1)19-16(12-24-25-19)14-4-5-17-15(11-14)20(23-13-22-17)26-7-9-27-10-8-26/h1-6,11-13H,7-10H2,(H,24,25). The molecule has 1 aliphatic rings. The van der Waals surface area contributed by atoms with Crippen molar-refractivity contribution in [1.29, 1.82) is 0 Å². The molecule has 7 nitrogen and oxygen atoms in total. The molecule has 27 heavy (non-hydrogen) atoms. The minimum atomic E-state index is 0.719. The lowest BCUT2D eigenvalue weighted by Crippen LogP contribution is -2.36. The number of rotatable bonds is 3. The van der Waals surface area contributed by atoms with Gasteiger partial charge >= 0.3 is 0 Å². The van der Waals surface area contributed by atoms with Crippen molar-refractivity contribution in [2.45, 2.75) is 0 Å². The molecule has 134 valence electrons. The van der Waals surface area contributed by atoms with Crippen LogP contribution < -0.4 is 4.90 Å². The predicted octanol–water partition coefficient (Wildman–Crippen LogP) is 2.92. The summed E-state index contributed by atoms with van der Waals surface area (Å²) in [6.07, 6.45) is 5.31. The number of H-pyrrole nitrogens is 1. The van der Waals surface area contributed by atoms with Crippen LogP contribution in [0.5, 0.6) is 0 Å². The van der Waals surface area contributed by atoms with Crippen molar-refractivity contribution in [3.8, 4) is 22.5 Å². The SMILES string of the molecule is c1ccc(-c2n[nH]cc2-c2ccc3ncnc(N4CCOCC4)c3c2)nc1. The Labute approximate surface area is 156 Å². The Morgan fingerprint density at radius 1 is 1.00 bits per heavy atom. The maximum Gasteiger partial charge on any atom is 0.140 e.